The van der Waals surface area contributed by atoms with Crippen LogP contribution in [0.25, 0.3) is 0 Å². The van der Waals surface area contributed by atoms with Crippen LogP contribution >= 0.6 is 12.4 Å². The van der Waals surface area contributed by atoms with Gasteiger partial charge >= 0.3 is 0 Å². The van der Waals surface area contributed by atoms with Crippen molar-refractivity contribution >= 4 is 12.4 Å². The van der Waals surface area contributed by atoms with E-state index >= 15 is 0 Å². The summed E-state index contributed by atoms with van der Waals surface area (Å²) in [5.41, 5.74) is 1.25. The van der Waals surface area contributed by atoms with Gasteiger partial charge in [-0.05, 0) is 30.2 Å². The molecular weight excluding hydrogens is 238 g/mol. The molecule has 0 aromatic heterocycles. The lowest BCUT2D eigenvalue weighted by Crippen LogP contribution is -2.18. The molecule has 0 radical (unpaired) electrons. The first-order chi connectivity index (χ1) is 7.72. The predicted octanol–water partition coefficient (Wildman–Crippen LogP) is 2.23. The average Bonchev–Trinajstić information content (AvgIpc) is 2.27. The molecule has 0 heterocycles. The van der Waals surface area contributed by atoms with Gasteiger partial charge in [0.15, 0.2) is 0 Å². The molecule has 0 amide bonds. The monoisotopic (exact) mass is 259 g/mol. The Bertz CT molecular complexity index is 288. The van der Waals surface area contributed by atoms with Gasteiger partial charge in [-0.2, -0.15) is 0 Å². The lowest BCUT2D eigenvalue weighted by Gasteiger charge is -2.08. The van der Waals surface area contributed by atoms with E-state index in [9.17, 15) is 0 Å². The van der Waals surface area contributed by atoms with Crippen molar-refractivity contribution in [1.29, 1.82) is 0 Å². The highest BCUT2D eigenvalue weighted by molar-refractivity contribution is 5.85. The second-order valence-corrected chi connectivity index (χ2v) is 4.24. The third kappa shape index (κ3) is 7.21. The standard InChI is InChI=1S/C13H21NO2.ClH/c1-11(2)9-14-10-12-3-5-13(6-4-12)16-8-7-15;/h3-6,11,14-15H,7-10H2,1-2H3;1H. The van der Waals surface area contributed by atoms with Crippen LogP contribution in [0.1, 0.15) is 19.4 Å². The van der Waals surface area contributed by atoms with Crippen LogP contribution in [0.15, 0.2) is 24.3 Å². The van der Waals surface area contributed by atoms with Crippen LogP contribution in [-0.4, -0.2) is 24.9 Å². The minimum absolute atomic E-state index is 0. The lowest BCUT2D eigenvalue weighted by atomic mass is 10.2. The molecule has 0 spiro atoms. The van der Waals surface area contributed by atoms with Crippen LogP contribution < -0.4 is 10.1 Å². The summed E-state index contributed by atoms with van der Waals surface area (Å²) in [6, 6.07) is 7.95. The summed E-state index contributed by atoms with van der Waals surface area (Å²) in [5.74, 6) is 1.48. The summed E-state index contributed by atoms with van der Waals surface area (Å²) in [5, 5.41) is 12.0. The number of halogens is 1. The first-order valence-corrected chi connectivity index (χ1v) is 5.75. The number of aliphatic hydroxyl groups is 1. The normalized spacial score (nSPS) is 10.1. The van der Waals surface area contributed by atoms with Crippen LogP contribution in [0.3, 0.4) is 0 Å². The van der Waals surface area contributed by atoms with E-state index in [2.05, 4.69) is 19.2 Å². The van der Waals surface area contributed by atoms with E-state index in [1.165, 1.54) is 5.56 Å². The quantitative estimate of drug-likeness (QED) is 0.789. The van der Waals surface area contributed by atoms with Crippen molar-refractivity contribution in [3.05, 3.63) is 29.8 Å². The molecule has 0 atom stereocenters. The van der Waals surface area contributed by atoms with Crippen molar-refractivity contribution in [1.82, 2.24) is 5.32 Å². The Morgan fingerprint density at radius 1 is 1.24 bits per heavy atom. The maximum absolute atomic E-state index is 8.62. The number of aliphatic hydroxyl groups excluding tert-OH is 1. The fourth-order valence-corrected chi connectivity index (χ4v) is 1.37. The fourth-order valence-electron chi connectivity index (χ4n) is 1.37. The number of benzene rings is 1. The third-order valence-electron chi connectivity index (χ3n) is 2.17. The zero-order valence-corrected chi connectivity index (χ0v) is 11.3. The Balaban J connectivity index is 0.00000256. The first kappa shape index (κ1) is 16.2. The van der Waals surface area contributed by atoms with Gasteiger partial charge in [0.25, 0.3) is 0 Å². The van der Waals surface area contributed by atoms with Crippen molar-refractivity contribution in [2.45, 2.75) is 20.4 Å². The molecular formula is C13H22ClNO2. The number of nitrogens with one attached hydrogen (secondary N) is 1. The third-order valence-corrected chi connectivity index (χ3v) is 2.17. The summed E-state index contributed by atoms with van der Waals surface area (Å²) < 4.78 is 5.28. The van der Waals surface area contributed by atoms with E-state index in [0.29, 0.717) is 12.5 Å². The molecule has 1 aromatic rings. The minimum Gasteiger partial charge on any atom is -0.491 e. The van der Waals surface area contributed by atoms with Crippen molar-refractivity contribution in [3.63, 3.8) is 0 Å². The molecule has 1 rings (SSSR count). The number of rotatable bonds is 7. The van der Waals surface area contributed by atoms with Crippen LogP contribution in [0.4, 0.5) is 0 Å². The van der Waals surface area contributed by atoms with Gasteiger partial charge < -0.3 is 15.2 Å². The van der Waals surface area contributed by atoms with E-state index in [-0.39, 0.29) is 19.0 Å². The summed E-state index contributed by atoms with van der Waals surface area (Å²) in [6.07, 6.45) is 0. The zero-order valence-electron chi connectivity index (χ0n) is 10.5. The molecule has 4 heteroatoms. The van der Waals surface area contributed by atoms with Gasteiger partial charge in [0.1, 0.15) is 12.4 Å². The van der Waals surface area contributed by atoms with E-state index in [0.717, 1.165) is 18.8 Å². The Morgan fingerprint density at radius 3 is 2.41 bits per heavy atom. The molecule has 0 unspecified atom stereocenters. The van der Waals surface area contributed by atoms with E-state index < -0.39 is 0 Å². The molecule has 17 heavy (non-hydrogen) atoms. The predicted molar refractivity (Wildman–Crippen MR) is 72.8 cm³/mol. The molecule has 0 bridgehead atoms. The maximum Gasteiger partial charge on any atom is 0.119 e. The number of ether oxygens (including phenoxy) is 1. The number of hydrogen-bond acceptors (Lipinski definition) is 3. The molecule has 0 aliphatic heterocycles. The molecule has 0 saturated heterocycles. The van der Waals surface area contributed by atoms with Gasteiger partial charge in [-0.1, -0.05) is 26.0 Å². The second kappa shape index (κ2) is 9.28. The van der Waals surface area contributed by atoms with Crippen LogP contribution in [0.5, 0.6) is 5.75 Å². The van der Waals surface area contributed by atoms with Crippen molar-refractivity contribution in [3.8, 4) is 5.75 Å². The van der Waals surface area contributed by atoms with Gasteiger partial charge in [-0.25, -0.2) is 0 Å². The molecule has 0 aliphatic carbocycles. The Morgan fingerprint density at radius 2 is 1.88 bits per heavy atom. The molecule has 1 aromatic carbocycles. The largest absolute Gasteiger partial charge is 0.491 e. The Kier molecular flexibility index (Phi) is 8.86. The van der Waals surface area contributed by atoms with Gasteiger partial charge in [-0.3, -0.25) is 0 Å². The number of hydrogen-bond donors (Lipinski definition) is 2. The SMILES string of the molecule is CC(C)CNCc1ccc(OCCO)cc1.Cl. The summed E-state index contributed by atoms with van der Waals surface area (Å²) in [7, 11) is 0. The lowest BCUT2D eigenvalue weighted by molar-refractivity contribution is 0.201. The average molecular weight is 260 g/mol. The second-order valence-electron chi connectivity index (χ2n) is 4.24. The molecule has 98 valence electrons. The van der Waals surface area contributed by atoms with Crippen LogP contribution in [0, 0.1) is 5.92 Å². The van der Waals surface area contributed by atoms with E-state index in [1.807, 2.05) is 24.3 Å². The van der Waals surface area contributed by atoms with E-state index in [1.54, 1.807) is 0 Å². The fraction of sp³-hybridized carbons (Fsp3) is 0.538. The van der Waals surface area contributed by atoms with Crippen LogP contribution in [0.2, 0.25) is 0 Å². The topological polar surface area (TPSA) is 41.5 Å². The summed E-state index contributed by atoms with van der Waals surface area (Å²) in [4.78, 5) is 0. The van der Waals surface area contributed by atoms with Crippen LogP contribution in [-0.2, 0) is 6.54 Å². The van der Waals surface area contributed by atoms with Crippen molar-refractivity contribution in [2.75, 3.05) is 19.8 Å². The van der Waals surface area contributed by atoms with Gasteiger partial charge in [0.05, 0.1) is 6.61 Å². The van der Waals surface area contributed by atoms with Gasteiger partial charge in [0.2, 0.25) is 0 Å². The molecule has 0 saturated carbocycles. The highest BCUT2D eigenvalue weighted by Gasteiger charge is 1.96. The smallest absolute Gasteiger partial charge is 0.119 e. The molecule has 0 aliphatic rings. The molecule has 3 nitrogen and oxygen atoms in total. The molecule has 2 N–H and O–H groups in total. The van der Waals surface area contributed by atoms with Crippen molar-refractivity contribution in [2.24, 2.45) is 5.92 Å². The maximum atomic E-state index is 8.62. The van der Waals surface area contributed by atoms with E-state index in [4.69, 9.17) is 9.84 Å². The highest BCUT2D eigenvalue weighted by atomic mass is 35.5. The first-order valence-electron chi connectivity index (χ1n) is 5.75. The minimum atomic E-state index is 0. The van der Waals surface area contributed by atoms with Gasteiger partial charge in [-0.15, -0.1) is 12.4 Å². The van der Waals surface area contributed by atoms with Gasteiger partial charge in [0, 0.05) is 6.54 Å². The Hall–Kier alpha value is -0.770. The van der Waals surface area contributed by atoms with Crippen molar-refractivity contribution < 1.29 is 9.84 Å². The summed E-state index contributed by atoms with van der Waals surface area (Å²) in [6.45, 7) is 6.71. The molecule has 0 fully saturated rings. The Labute approximate surface area is 110 Å². The zero-order chi connectivity index (χ0) is 11.8. The summed E-state index contributed by atoms with van der Waals surface area (Å²) >= 11 is 0. The highest BCUT2D eigenvalue weighted by Crippen LogP contribution is 2.11.